The maximum absolute atomic E-state index is 12.4. The predicted octanol–water partition coefficient (Wildman–Crippen LogP) is 3.03. The Morgan fingerprint density at radius 2 is 2.05 bits per heavy atom. The normalized spacial score (nSPS) is 16.1. The largest absolute Gasteiger partial charge is 0.380 e. The Balaban J connectivity index is 1.89. The van der Waals surface area contributed by atoms with Crippen molar-refractivity contribution in [2.75, 3.05) is 26.3 Å². The van der Waals surface area contributed by atoms with Gasteiger partial charge in [-0.05, 0) is 12.0 Å². The fourth-order valence-corrected chi connectivity index (χ4v) is 2.36. The first-order valence-electron chi connectivity index (χ1n) is 7.77. The highest BCUT2D eigenvalue weighted by Crippen LogP contribution is 2.25. The molecule has 0 spiro atoms. The van der Waals surface area contributed by atoms with Gasteiger partial charge in [-0.2, -0.15) is 0 Å². The molecule has 1 saturated heterocycles. The van der Waals surface area contributed by atoms with Gasteiger partial charge in [0.25, 0.3) is 0 Å². The predicted molar refractivity (Wildman–Crippen MR) is 84.1 cm³/mol. The SMILES string of the molecule is CCCCN(Cc1ccccc1)C(=O)NCC1(C)COC1. The zero-order chi connectivity index (χ0) is 15.1. The fourth-order valence-electron chi connectivity index (χ4n) is 2.36. The van der Waals surface area contributed by atoms with E-state index in [9.17, 15) is 4.79 Å². The summed E-state index contributed by atoms with van der Waals surface area (Å²) in [6.45, 7) is 7.91. The third-order valence-electron chi connectivity index (χ3n) is 3.85. The lowest BCUT2D eigenvalue weighted by atomic mass is 9.89. The molecule has 1 aliphatic rings. The molecule has 0 radical (unpaired) electrons. The van der Waals surface area contributed by atoms with Crippen molar-refractivity contribution in [3.8, 4) is 0 Å². The Morgan fingerprint density at radius 1 is 1.33 bits per heavy atom. The van der Waals surface area contributed by atoms with E-state index in [1.165, 1.54) is 5.56 Å². The molecule has 0 saturated carbocycles. The van der Waals surface area contributed by atoms with E-state index in [0.29, 0.717) is 13.1 Å². The maximum atomic E-state index is 12.4. The van der Waals surface area contributed by atoms with E-state index in [0.717, 1.165) is 32.6 Å². The highest BCUT2D eigenvalue weighted by molar-refractivity contribution is 5.74. The van der Waals surface area contributed by atoms with Crippen LogP contribution in [-0.4, -0.2) is 37.2 Å². The molecule has 116 valence electrons. The zero-order valence-corrected chi connectivity index (χ0v) is 13.1. The van der Waals surface area contributed by atoms with Crippen LogP contribution >= 0.6 is 0 Å². The molecule has 0 aromatic heterocycles. The maximum Gasteiger partial charge on any atom is 0.317 e. The Kier molecular flexibility index (Phi) is 5.62. The lowest BCUT2D eigenvalue weighted by Crippen LogP contribution is -2.51. The van der Waals surface area contributed by atoms with Gasteiger partial charge in [0, 0.05) is 25.0 Å². The van der Waals surface area contributed by atoms with Crippen molar-refractivity contribution in [2.45, 2.75) is 33.2 Å². The van der Waals surface area contributed by atoms with Gasteiger partial charge in [-0.15, -0.1) is 0 Å². The summed E-state index contributed by atoms with van der Waals surface area (Å²) in [5.74, 6) is 0. The number of nitrogens with zero attached hydrogens (tertiary/aromatic N) is 1. The van der Waals surface area contributed by atoms with Crippen LogP contribution in [-0.2, 0) is 11.3 Å². The van der Waals surface area contributed by atoms with Crippen molar-refractivity contribution in [1.82, 2.24) is 10.2 Å². The van der Waals surface area contributed by atoms with E-state index in [1.807, 2.05) is 23.1 Å². The van der Waals surface area contributed by atoms with E-state index < -0.39 is 0 Å². The molecule has 1 fully saturated rings. The summed E-state index contributed by atoms with van der Waals surface area (Å²) in [7, 11) is 0. The smallest absolute Gasteiger partial charge is 0.317 e. The van der Waals surface area contributed by atoms with Crippen molar-refractivity contribution >= 4 is 6.03 Å². The standard InChI is InChI=1S/C17H26N2O2/c1-3-4-10-19(11-15-8-6-5-7-9-15)16(20)18-12-17(2)13-21-14-17/h5-9H,3-4,10-14H2,1-2H3,(H,18,20). The number of nitrogens with one attached hydrogen (secondary N) is 1. The average Bonchev–Trinajstić information content (AvgIpc) is 2.48. The molecule has 1 aromatic carbocycles. The number of amides is 2. The summed E-state index contributed by atoms with van der Waals surface area (Å²) in [4.78, 5) is 14.3. The summed E-state index contributed by atoms with van der Waals surface area (Å²) in [6, 6.07) is 10.2. The molecule has 2 amide bonds. The van der Waals surface area contributed by atoms with Crippen LogP contribution in [0.3, 0.4) is 0 Å². The molecule has 0 bridgehead atoms. The van der Waals surface area contributed by atoms with Crippen LogP contribution in [0.5, 0.6) is 0 Å². The minimum absolute atomic E-state index is 0.0282. The lowest BCUT2D eigenvalue weighted by molar-refractivity contribution is -0.0978. The van der Waals surface area contributed by atoms with Gasteiger partial charge in [-0.25, -0.2) is 4.79 Å². The monoisotopic (exact) mass is 290 g/mol. The molecule has 1 N–H and O–H groups in total. The average molecular weight is 290 g/mol. The number of hydrogen-bond donors (Lipinski definition) is 1. The molecular formula is C17H26N2O2. The van der Waals surface area contributed by atoms with E-state index in [-0.39, 0.29) is 11.4 Å². The zero-order valence-electron chi connectivity index (χ0n) is 13.1. The number of ether oxygens (including phenoxy) is 1. The minimum Gasteiger partial charge on any atom is -0.380 e. The van der Waals surface area contributed by atoms with Gasteiger partial charge >= 0.3 is 6.03 Å². The van der Waals surface area contributed by atoms with Crippen molar-refractivity contribution in [2.24, 2.45) is 5.41 Å². The quantitative estimate of drug-likeness (QED) is 0.838. The van der Waals surface area contributed by atoms with E-state index >= 15 is 0 Å². The Bertz CT molecular complexity index is 443. The molecule has 21 heavy (non-hydrogen) atoms. The molecule has 0 atom stereocenters. The summed E-state index contributed by atoms with van der Waals surface area (Å²) < 4.78 is 5.23. The van der Waals surface area contributed by atoms with E-state index in [1.54, 1.807) is 0 Å². The molecule has 1 heterocycles. The Hall–Kier alpha value is -1.55. The summed E-state index contributed by atoms with van der Waals surface area (Å²) >= 11 is 0. The summed E-state index contributed by atoms with van der Waals surface area (Å²) in [5.41, 5.74) is 1.28. The second-order valence-electron chi connectivity index (χ2n) is 6.22. The number of rotatable bonds is 7. The second kappa shape index (κ2) is 7.46. The van der Waals surface area contributed by atoms with Gasteiger partial charge in [-0.1, -0.05) is 50.6 Å². The topological polar surface area (TPSA) is 41.6 Å². The van der Waals surface area contributed by atoms with Crippen LogP contribution in [0.15, 0.2) is 30.3 Å². The molecule has 4 heteroatoms. The van der Waals surface area contributed by atoms with Crippen LogP contribution in [0, 0.1) is 5.41 Å². The summed E-state index contributed by atoms with van der Waals surface area (Å²) in [6.07, 6.45) is 2.12. The van der Waals surface area contributed by atoms with Crippen LogP contribution in [0.2, 0.25) is 0 Å². The lowest BCUT2D eigenvalue weighted by Gasteiger charge is -2.38. The van der Waals surface area contributed by atoms with Gasteiger partial charge < -0.3 is 15.0 Å². The van der Waals surface area contributed by atoms with E-state index in [2.05, 4.69) is 31.3 Å². The minimum atomic E-state index is 0.0282. The van der Waals surface area contributed by atoms with Gasteiger partial charge in [0.05, 0.1) is 13.2 Å². The fraction of sp³-hybridized carbons (Fsp3) is 0.588. The van der Waals surface area contributed by atoms with E-state index in [4.69, 9.17) is 4.74 Å². The first-order valence-corrected chi connectivity index (χ1v) is 7.77. The summed E-state index contributed by atoms with van der Waals surface area (Å²) in [5, 5.41) is 3.06. The van der Waals surface area contributed by atoms with Crippen LogP contribution in [0.25, 0.3) is 0 Å². The molecule has 1 aromatic rings. The number of carbonyl (C=O) groups excluding carboxylic acids is 1. The van der Waals surface area contributed by atoms with Crippen molar-refractivity contribution in [3.63, 3.8) is 0 Å². The Labute approximate surface area is 127 Å². The number of benzene rings is 1. The molecule has 2 rings (SSSR count). The third-order valence-corrected chi connectivity index (χ3v) is 3.85. The molecule has 0 aliphatic carbocycles. The van der Waals surface area contributed by atoms with Gasteiger partial charge in [0.1, 0.15) is 0 Å². The first-order chi connectivity index (χ1) is 10.1. The molecule has 0 unspecified atom stereocenters. The van der Waals surface area contributed by atoms with Gasteiger partial charge in [-0.3, -0.25) is 0 Å². The van der Waals surface area contributed by atoms with Gasteiger partial charge in [0.2, 0.25) is 0 Å². The van der Waals surface area contributed by atoms with Gasteiger partial charge in [0.15, 0.2) is 0 Å². The van der Waals surface area contributed by atoms with Crippen molar-refractivity contribution < 1.29 is 9.53 Å². The molecular weight excluding hydrogens is 264 g/mol. The Morgan fingerprint density at radius 3 is 2.62 bits per heavy atom. The second-order valence-corrected chi connectivity index (χ2v) is 6.22. The van der Waals surface area contributed by atoms with Crippen LogP contribution < -0.4 is 5.32 Å². The number of carbonyl (C=O) groups is 1. The van der Waals surface area contributed by atoms with Crippen molar-refractivity contribution in [3.05, 3.63) is 35.9 Å². The third kappa shape index (κ3) is 4.74. The number of urea groups is 1. The number of hydrogen-bond acceptors (Lipinski definition) is 2. The highest BCUT2D eigenvalue weighted by Gasteiger charge is 2.33. The first kappa shape index (κ1) is 15.8. The molecule has 4 nitrogen and oxygen atoms in total. The van der Waals surface area contributed by atoms with Crippen LogP contribution in [0.4, 0.5) is 4.79 Å². The number of unbranched alkanes of at least 4 members (excludes halogenated alkanes) is 1. The highest BCUT2D eigenvalue weighted by atomic mass is 16.5. The van der Waals surface area contributed by atoms with Crippen LogP contribution in [0.1, 0.15) is 32.3 Å². The van der Waals surface area contributed by atoms with Crippen molar-refractivity contribution in [1.29, 1.82) is 0 Å². The molecule has 1 aliphatic heterocycles.